The van der Waals surface area contributed by atoms with Gasteiger partial charge in [0.15, 0.2) is 11.5 Å². The lowest BCUT2D eigenvalue weighted by atomic mass is 10.1. The molecule has 0 unspecified atom stereocenters. The Morgan fingerprint density at radius 3 is 2.68 bits per heavy atom. The maximum atomic E-state index is 13.5. The van der Waals surface area contributed by atoms with E-state index in [0.29, 0.717) is 32.8 Å². The van der Waals surface area contributed by atoms with Crippen LogP contribution in [0.3, 0.4) is 0 Å². The average molecular weight is 455 g/mol. The van der Waals surface area contributed by atoms with Gasteiger partial charge in [-0.3, -0.25) is 9.59 Å². The minimum atomic E-state index is -0.508. The number of fused-ring (bicyclic) bond motifs is 1. The summed E-state index contributed by atoms with van der Waals surface area (Å²) in [4.78, 5) is 28.7. The molecule has 31 heavy (non-hydrogen) atoms. The van der Waals surface area contributed by atoms with Gasteiger partial charge in [0, 0.05) is 21.7 Å². The summed E-state index contributed by atoms with van der Waals surface area (Å²) in [6.07, 6.45) is 0. The van der Waals surface area contributed by atoms with Crippen molar-refractivity contribution in [1.29, 1.82) is 0 Å². The molecule has 156 valence electrons. The largest absolute Gasteiger partial charge is 0.495 e. The van der Waals surface area contributed by atoms with Crippen LogP contribution in [0.1, 0.15) is 4.88 Å². The van der Waals surface area contributed by atoms with Gasteiger partial charge in [-0.25, -0.2) is 4.90 Å². The summed E-state index contributed by atoms with van der Waals surface area (Å²) in [5, 5.41) is 5.33. The molecule has 2 aromatic carbocycles. The van der Waals surface area contributed by atoms with Gasteiger partial charge < -0.3 is 19.5 Å². The normalized spacial score (nSPS) is 15.1. The van der Waals surface area contributed by atoms with Crippen molar-refractivity contribution in [2.45, 2.75) is 0 Å². The summed E-state index contributed by atoms with van der Waals surface area (Å²) in [5.41, 5.74) is 1.31. The zero-order valence-corrected chi connectivity index (χ0v) is 17.8. The Morgan fingerprint density at radius 2 is 1.90 bits per heavy atom. The number of hydrogen-bond acceptors (Lipinski definition) is 7. The number of thiophene rings is 1. The molecular weight excluding hydrogens is 440 g/mol. The van der Waals surface area contributed by atoms with Crippen LogP contribution in [0.2, 0.25) is 5.02 Å². The van der Waals surface area contributed by atoms with Crippen molar-refractivity contribution in [3.63, 3.8) is 0 Å². The summed E-state index contributed by atoms with van der Waals surface area (Å²) >= 11 is 7.52. The van der Waals surface area contributed by atoms with E-state index in [4.69, 9.17) is 25.8 Å². The van der Waals surface area contributed by atoms with Crippen LogP contribution in [0.5, 0.6) is 17.2 Å². The zero-order chi connectivity index (χ0) is 21.5. The van der Waals surface area contributed by atoms with Gasteiger partial charge in [-0.15, -0.1) is 11.3 Å². The molecule has 0 fully saturated rings. The van der Waals surface area contributed by atoms with E-state index in [-0.39, 0.29) is 23.8 Å². The number of ether oxygens (including phenoxy) is 3. The third-order valence-electron chi connectivity index (χ3n) is 4.88. The summed E-state index contributed by atoms with van der Waals surface area (Å²) in [6, 6.07) is 13.6. The molecule has 7 nitrogen and oxygen atoms in total. The lowest BCUT2D eigenvalue weighted by Gasteiger charge is -2.18. The first-order valence-corrected chi connectivity index (χ1v) is 10.5. The van der Waals surface area contributed by atoms with Gasteiger partial charge in [0.05, 0.1) is 18.4 Å². The molecule has 2 aliphatic heterocycles. The molecule has 0 radical (unpaired) electrons. The van der Waals surface area contributed by atoms with Crippen molar-refractivity contribution in [3.8, 4) is 17.2 Å². The van der Waals surface area contributed by atoms with E-state index >= 15 is 0 Å². The van der Waals surface area contributed by atoms with Crippen molar-refractivity contribution in [1.82, 2.24) is 0 Å². The second kappa shape index (κ2) is 7.64. The van der Waals surface area contributed by atoms with Gasteiger partial charge >= 0.3 is 0 Å². The highest BCUT2D eigenvalue weighted by atomic mass is 35.5. The number of rotatable bonds is 5. The van der Waals surface area contributed by atoms with Gasteiger partial charge in [0.1, 0.15) is 11.4 Å². The third-order valence-corrected chi connectivity index (χ3v) is 6.00. The maximum Gasteiger partial charge on any atom is 0.282 e. The summed E-state index contributed by atoms with van der Waals surface area (Å²) in [6.45, 7) is 0.141. The van der Waals surface area contributed by atoms with E-state index in [1.807, 2.05) is 11.4 Å². The molecule has 1 N–H and O–H groups in total. The number of imide groups is 1. The Balaban J connectivity index is 1.60. The first-order chi connectivity index (χ1) is 15.1. The van der Waals surface area contributed by atoms with E-state index in [2.05, 4.69) is 5.32 Å². The quantitative estimate of drug-likeness (QED) is 0.570. The third kappa shape index (κ3) is 3.30. The molecule has 0 saturated heterocycles. The van der Waals surface area contributed by atoms with Crippen molar-refractivity contribution in [2.24, 2.45) is 0 Å². The van der Waals surface area contributed by atoms with E-state index in [1.54, 1.807) is 36.4 Å². The Kier molecular flexibility index (Phi) is 4.80. The number of carbonyl (C=O) groups excluding carboxylic acids is 2. The van der Waals surface area contributed by atoms with Crippen LogP contribution in [0.15, 0.2) is 59.6 Å². The van der Waals surface area contributed by atoms with Crippen LogP contribution in [0.4, 0.5) is 11.4 Å². The highest BCUT2D eigenvalue weighted by Gasteiger charge is 2.42. The van der Waals surface area contributed by atoms with Crippen LogP contribution in [0, 0.1) is 0 Å². The number of anilines is 2. The first kappa shape index (κ1) is 19.5. The monoisotopic (exact) mass is 454 g/mol. The molecule has 2 aliphatic rings. The van der Waals surface area contributed by atoms with Crippen molar-refractivity contribution in [3.05, 3.63) is 69.5 Å². The van der Waals surface area contributed by atoms with Crippen molar-refractivity contribution < 1.29 is 23.8 Å². The molecule has 0 bridgehead atoms. The van der Waals surface area contributed by atoms with Crippen LogP contribution in [-0.4, -0.2) is 25.7 Å². The molecule has 3 aromatic rings. The smallest absolute Gasteiger partial charge is 0.282 e. The Hall–Kier alpha value is -3.49. The molecule has 1 aromatic heterocycles. The van der Waals surface area contributed by atoms with Gasteiger partial charge in [-0.05, 0) is 41.8 Å². The standard InChI is InChI=1S/C22H15ClN2O5S/c1-28-15-6-4-12(23)9-14(15)25-21(26)19(18-3-2-8-31-18)20(22(25)27)24-13-5-7-16-17(10-13)30-11-29-16/h2-10,24H,11H2,1H3. The van der Waals surface area contributed by atoms with E-state index in [0.717, 1.165) is 4.90 Å². The zero-order valence-electron chi connectivity index (χ0n) is 16.2. The molecule has 3 heterocycles. The molecule has 0 aliphatic carbocycles. The van der Waals surface area contributed by atoms with E-state index in [1.165, 1.54) is 24.5 Å². The van der Waals surface area contributed by atoms with E-state index in [9.17, 15) is 9.59 Å². The molecule has 0 saturated carbocycles. The fraction of sp³-hybridized carbons (Fsp3) is 0.0909. The first-order valence-electron chi connectivity index (χ1n) is 9.24. The molecule has 0 atom stereocenters. The number of hydrogen-bond donors (Lipinski definition) is 1. The van der Waals surface area contributed by atoms with Crippen LogP contribution in [0.25, 0.3) is 5.57 Å². The Bertz CT molecular complexity index is 1240. The average Bonchev–Trinajstić information content (AvgIpc) is 3.49. The summed E-state index contributed by atoms with van der Waals surface area (Å²) < 4.78 is 16.1. The second-order valence-electron chi connectivity index (χ2n) is 6.68. The number of methoxy groups -OCH3 is 1. The van der Waals surface area contributed by atoms with Crippen LogP contribution >= 0.6 is 22.9 Å². The summed E-state index contributed by atoms with van der Waals surface area (Å²) in [7, 11) is 1.47. The van der Waals surface area contributed by atoms with Gasteiger partial charge in [0.25, 0.3) is 11.8 Å². The lowest BCUT2D eigenvalue weighted by Crippen LogP contribution is -2.32. The number of benzene rings is 2. The van der Waals surface area contributed by atoms with Crippen LogP contribution in [-0.2, 0) is 9.59 Å². The second-order valence-corrected chi connectivity index (χ2v) is 8.07. The fourth-order valence-corrected chi connectivity index (χ4v) is 4.40. The fourth-order valence-electron chi connectivity index (χ4n) is 3.47. The van der Waals surface area contributed by atoms with Crippen molar-refractivity contribution >= 4 is 51.7 Å². The van der Waals surface area contributed by atoms with Gasteiger partial charge in [-0.2, -0.15) is 0 Å². The molecule has 2 amide bonds. The SMILES string of the molecule is COc1ccc(Cl)cc1N1C(=O)C(Nc2ccc3c(c2)OCO3)=C(c2cccs2)C1=O. The lowest BCUT2D eigenvalue weighted by molar-refractivity contribution is -0.120. The minimum absolute atomic E-state index is 0.141. The van der Waals surface area contributed by atoms with Gasteiger partial charge in [-0.1, -0.05) is 17.7 Å². The number of carbonyl (C=O) groups is 2. The highest BCUT2D eigenvalue weighted by Crippen LogP contribution is 2.41. The number of nitrogens with zero attached hydrogens (tertiary/aromatic N) is 1. The highest BCUT2D eigenvalue weighted by molar-refractivity contribution is 7.11. The Labute approximate surface area is 186 Å². The minimum Gasteiger partial charge on any atom is -0.495 e. The predicted octanol–water partition coefficient (Wildman–Crippen LogP) is 4.54. The maximum absolute atomic E-state index is 13.5. The number of amides is 2. The molecule has 9 heteroatoms. The molecule has 5 rings (SSSR count). The van der Waals surface area contributed by atoms with Crippen molar-refractivity contribution in [2.75, 3.05) is 24.1 Å². The number of halogens is 1. The topological polar surface area (TPSA) is 77.1 Å². The number of nitrogens with one attached hydrogen (secondary N) is 1. The predicted molar refractivity (Wildman–Crippen MR) is 118 cm³/mol. The Morgan fingerprint density at radius 1 is 1.06 bits per heavy atom. The molecule has 0 spiro atoms. The summed E-state index contributed by atoms with van der Waals surface area (Å²) in [5.74, 6) is 0.578. The van der Waals surface area contributed by atoms with Gasteiger partial charge in [0.2, 0.25) is 6.79 Å². The van der Waals surface area contributed by atoms with E-state index < -0.39 is 11.8 Å². The molecular formula is C22H15ClN2O5S. The van der Waals surface area contributed by atoms with Crippen LogP contribution < -0.4 is 24.4 Å².